The Morgan fingerprint density at radius 3 is 2.66 bits per heavy atom. The number of thiazole rings is 1. The molecule has 1 amide bonds. The first kappa shape index (κ1) is 23.0. The van der Waals surface area contributed by atoms with E-state index in [-0.39, 0.29) is 16.5 Å². The van der Waals surface area contributed by atoms with E-state index in [1.54, 1.807) is 42.5 Å². The van der Waals surface area contributed by atoms with Gasteiger partial charge >= 0.3 is 5.91 Å². The number of hydrogen-bond donors (Lipinski definition) is 1. The number of benzene rings is 3. The van der Waals surface area contributed by atoms with Gasteiger partial charge in [0.2, 0.25) is 0 Å². The second-order valence-electron chi connectivity index (χ2n) is 7.79. The largest absolute Gasteiger partial charge is 0.507 e. The number of halogens is 2. The first-order valence-corrected chi connectivity index (χ1v) is 11.9. The summed E-state index contributed by atoms with van der Waals surface area (Å²) in [5.74, 6) is -2.02. The Morgan fingerprint density at radius 2 is 1.91 bits per heavy atom. The molecule has 0 aliphatic carbocycles. The monoisotopic (exact) mass is 508 g/mol. The summed E-state index contributed by atoms with van der Waals surface area (Å²) in [5.41, 5.74) is 1.26. The molecule has 0 saturated carbocycles. The molecule has 176 valence electrons. The van der Waals surface area contributed by atoms with E-state index in [1.165, 1.54) is 40.5 Å². The molecular weight excluding hydrogens is 491 g/mol. The van der Waals surface area contributed by atoms with Crippen LogP contribution in [0, 0.1) is 5.82 Å². The van der Waals surface area contributed by atoms with Gasteiger partial charge in [0, 0.05) is 10.6 Å². The minimum atomic E-state index is -1.01. The minimum absolute atomic E-state index is 0.118. The predicted octanol–water partition coefficient (Wildman–Crippen LogP) is 6.11. The molecule has 6 nitrogen and oxygen atoms in total. The van der Waals surface area contributed by atoms with E-state index in [4.69, 9.17) is 16.3 Å². The van der Waals surface area contributed by atoms with E-state index in [0.717, 1.165) is 4.70 Å². The molecule has 9 heteroatoms. The van der Waals surface area contributed by atoms with Gasteiger partial charge in [-0.25, -0.2) is 9.37 Å². The smallest absolute Gasteiger partial charge is 0.301 e. The number of nitrogens with zero attached hydrogens (tertiary/aromatic N) is 2. The molecule has 5 rings (SSSR count). The van der Waals surface area contributed by atoms with Gasteiger partial charge in [-0.05, 0) is 55.0 Å². The van der Waals surface area contributed by atoms with Gasteiger partial charge in [-0.3, -0.25) is 14.5 Å². The molecule has 1 aromatic heterocycles. The Kier molecular flexibility index (Phi) is 6.00. The second kappa shape index (κ2) is 9.13. The van der Waals surface area contributed by atoms with Gasteiger partial charge in [-0.15, -0.1) is 0 Å². The average molecular weight is 509 g/mol. The van der Waals surface area contributed by atoms with Crippen molar-refractivity contribution in [3.05, 3.63) is 94.3 Å². The Labute approximate surface area is 208 Å². The summed E-state index contributed by atoms with van der Waals surface area (Å²) in [5, 5.41) is 12.0. The van der Waals surface area contributed by atoms with E-state index in [2.05, 4.69) is 4.98 Å². The molecule has 0 spiro atoms. The van der Waals surface area contributed by atoms with E-state index < -0.39 is 23.5 Å². The summed E-state index contributed by atoms with van der Waals surface area (Å²) < 4.78 is 20.0. The zero-order chi connectivity index (χ0) is 24.7. The van der Waals surface area contributed by atoms with E-state index >= 15 is 0 Å². The van der Waals surface area contributed by atoms with E-state index in [0.29, 0.717) is 34.0 Å². The number of fused-ring (bicyclic) bond motifs is 1. The topological polar surface area (TPSA) is 79.7 Å². The van der Waals surface area contributed by atoms with Crippen LogP contribution in [0.3, 0.4) is 0 Å². The van der Waals surface area contributed by atoms with Crippen molar-refractivity contribution < 1.29 is 23.8 Å². The van der Waals surface area contributed by atoms with Crippen molar-refractivity contribution in [3.63, 3.8) is 0 Å². The van der Waals surface area contributed by atoms with Gasteiger partial charge in [-0.2, -0.15) is 0 Å². The molecule has 1 fully saturated rings. The van der Waals surface area contributed by atoms with Crippen LogP contribution in [0.4, 0.5) is 9.52 Å². The van der Waals surface area contributed by atoms with Crippen LogP contribution in [0.2, 0.25) is 5.02 Å². The van der Waals surface area contributed by atoms with Crippen LogP contribution >= 0.6 is 22.9 Å². The number of aromatic nitrogens is 1. The number of rotatable bonds is 5. The molecule has 1 unspecified atom stereocenters. The van der Waals surface area contributed by atoms with Crippen molar-refractivity contribution >= 4 is 55.7 Å². The zero-order valence-corrected chi connectivity index (χ0v) is 19.9. The number of ketones is 1. The number of Topliss-reactive ketones (excluding diaryl/α,β-unsaturated/α-hetero) is 1. The summed E-state index contributed by atoms with van der Waals surface area (Å²) in [7, 11) is 0. The number of amides is 1. The van der Waals surface area contributed by atoms with Crippen molar-refractivity contribution in [2.45, 2.75) is 13.0 Å². The lowest BCUT2D eigenvalue weighted by molar-refractivity contribution is -0.132. The van der Waals surface area contributed by atoms with Gasteiger partial charge < -0.3 is 9.84 Å². The molecule has 0 radical (unpaired) electrons. The summed E-state index contributed by atoms with van der Waals surface area (Å²) in [6, 6.07) is 16.2. The van der Waals surface area contributed by atoms with Crippen LogP contribution in [-0.2, 0) is 9.59 Å². The predicted molar refractivity (Wildman–Crippen MR) is 133 cm³/mol. The molecule has 3 aromatic carbocycles. The normalized spacial score (nSPS) is 17.3. The maximum absolute atomic E-state index is 13.7. The lowest BCUT2D eigenvalue weighted by atomic mass is 9.95. The number of aliphatic hydroxyl groups excluding tert-OH is 1. The zero-order valence-electron chi connectivity index (χ0n) is 18.4. The highest BCUT2D eigenvalue weighted by molar-refractivity contribution is 7.22. The summed E-state index contributed by atoms with van der Waals surface area (Å²) in [6.07, 6.45) is 0. The van der Waals surface area contributed by atoms with E-state index in [1.807, 2.05) is 6.92 Å². The fourth-order valence-electron chi connectivity index (χ4n) is 4.03. The molecule has 1 N–H and O–H groups in total. The highest BCUT2D eigenvalue weighted by Crippen LogP contribution is 2.44. The van der Waals surface area contributed by atoms with Gasteiger partial charge in [0.15, 0.2) is 5.13 Å². The Bertz CT molecular complexity index is 1500. The number of carbonyl (C=O) groups excluding carboxylic acids is 2. The maximum Gasteiger partial charge on any atom is 0.301 e. The average Bonchev–Trinajstić information content (AvgIpc) is 3.37. The number of carbonyl (C=O) groups is 2. The Morgan fingerprint density at radius 1 is 1.14 bits per heavy atom. The van der Waals surface area contributed by atoms with Crippen LogP contribution in [-0.4, -0.2) is 28.4 Å². The first-order chi connectivity index (χ1) is 16.9. The maximum atomic E-state index is 13.7. The molecular formula is C26H18ClFN2O4S. The molecule has 2 heterocycles. The fourth-order valence-corrected chi connectivity index (χ4v) is 5.30. The van der Waals surface area contributed by atoms with Crippen LogP contribution < -0.4 is 9.64 Å². The molecule has 35 heavy (non-hydrogen) atoms. The molecule has 1 aliphatic rings. The van der Waals surface area contributed by atoms with Crippen molar-refractivity contribution in [2.24, 2.45) is 0 Å². The molecule has 0 bridgehead atoms. The molecule has 4 aromatic rings. The fraction of sp³-hybridized carbons (Fsp3) is 0.115. The Balaban J connectivity index is 1.71. The van der Waals surface area contributed by atoms with Crippen molar-refractivity contribution in [1.82, 2.24) is 4.98 Å². The summed E-state index contributed by atoms with van der Waals surface area (Å²) >= 11 is 7.30. The SMILES string of the molecule is CCOc1cccc(C(O)=C2C(=O)C(=O)N(c3nc4ccc(Cl)cc4s3)C2c2ccc(F)cc2)c1. The number of aliphatic hydroxyl groups is 1. The van der Waals surface area contributed by atoms with Crippen molar-refractivity contribution in [3.8, 4) is 5.75 Å². The standard InChI is InChI=1S/C26H18ClFN2O4S/c1-2-34-18-5-3-4-15(12-18)23(31)21-22(14-6-9-17(28)10-7-14)30(25(33)24(21)32)26-29-19-11-8-16(27)13-20(19)35-26/h3-13,22,31H,2H2,1H3. The lowest BCUT2D eigenvalue weighted by Crippen LogP contribution is -2.29. The quantitative estimate of drug-likeness (QED) is 0.200. The number of anilines is 1. The van der Waals surface area contributed by atoms with Gasteiger partial charge in [0.05, 0.1) is 28.4 Å². The van der Waals surface area contributed by atoms with Crippen LogP contribution in [0.15, 0.2) is 72.3 Å². The van der Waals surface area contributed by atoms with Crippen LogP contribution in [0.5, 0.6) is 5.75 Å². The lowest BCUT2D eigenvalue weighted by Gasteiger charge is -2.23. The van der Waals surface area contributed by atoms with Crippen molar-refractivity contribution in [2.75, 3.05) is 11.5 Å². The van der Waals surface area contributed by atoms with Gasteiger partial charge in [-0.1, -0.05) is 47.2 Å². The first-order valence-electron chi connectivity index (χ1n) is 10.7. The minimum Gasteiger partial charge on any atom is -0.507 e. The van der Waals surface area contributed by atoms with Crippen LogP contribution in [0.1, 0.15) is 24.1 Å². The highest BCUT2D eigenvalue weighted by atomic mass is 35.5. The number of hydrogen-bond acceptors (Lipinski definition) is 6. The Hall–Kier alpha value is -3.75. The number of ether oxygens (including phenoxy) is 1. The summed E-state index contributed by atoms with van der Waals surface area (Å²) in [4.78, 5) is 32.3. The third kappa shape index (κ3) is 4.15. The molecule has 1 atom stereocenters. The summed E-state index contributed by atoms with van der Waals surface area (Å²) in [6.45, 7) is 2.25. The van der Waals surface area contributed by atoms with Crippen molar-refractivity contribution in [1.29, 1.82) is 0 Å². The van der Waals surface area contributed by atoms with Gasteiger partial charge in [0.1, 0.15) is 17.3 Å². The van der Waals surface area contributed by atoms with E-state index in [9.17, 15) is 19.1 Å². The molecule has 1 saturated heterocycles. The van der Waals surface area contributed by atoms with Gasteiger partial charge in [0.25, 0.3) is 5.78 Å². The molecule has 1 aliphatic heterocycles. The second-order valence-corrected chi connectivity index (χ2v) is 9.24. The highest BCUT2D eigenvalue weighted by Gasteiger charge is 2.48. The third-order valence-electron chi connectivity index (χ3n) is 5.59. The van der Waals surface area contributed by atoms with Crippen LogP contribution in [0.25, 0.3) is 16.0 Å². The third-order valence-corrected chi connectivity index (χ3v) is 6.85.